The molecule has 9 heteroatoms. The minimum atomic E-state index is -3.53. The number of rotatable bonds is 3. The van der Waals surface area contributed by atoms with E-state index in [4.69, 9.17) is 4.42 Å². The van der Waals surface area contributed by atoms with Crippen LogP contribution < -0.4 is 0 Å². The smallest absolute Gasteiger partial charge is 0.281 e. The molecule has 1 N–H and O–H groups in total. The molecule has 0 aromatic carbocycles. The third-order valence-electron chi connectivity index (χ3n) is 5.58. The van der Waals surface area contributed by atoms with Gasteiger partial charge in [-0.15, -0.1) is 0 Å². The zero-order valence-electron chi connectivity index (χ0n) is 15.7. The van der Waals surface area contributed by atoms with E-state index in [0.29, 0.717) is 49.6 Å². The fourth-order valence-electron chi connectivity index (χ4n) is 3.91. The lowest BCUT2D eigenvalue weighted by Crippen LogP contribution is -2.62. The molecule has 2 unspecified atom stereocenters. The van der Waals surface area contributed by atoms with Gasteiger partial charge in [0.15, 0.2) is 0 Å². The molecule has 0 radical (unpaired) electrons. The number of amides is 1. The maximum atomic E-state index is 12.8. The Morgan fingerprint density at radius 3 is 2.50 bits per heavy atom. The molecule has 1 amide bonds. The standard InChI is InChI=1S/C17H27N3O5S/c1-12-9-15(13(2)25-12)16(21)19-7-5-17(22)6-8-20(11-14(17)10-19)26(23,24)18(3)4/h9,14,22H,5-8,10-11H2,1-4H3. The number of hydrogen-bond acceptors (Lipinski definition) is 5. The lowest BCUT2D eigenvalue weighted by Gasteiger charge is -2.49. The molecule has 146 valence electrons. The average Bonchev–Trinajstić information content (AvgIpc) is 2.91. The Labute approximate surface area is 154 Å². The minimum Gasteiger partial charge on any atom is -0.466 e. The first-order valence-electron chi connectivity index (χ1n) is 8.81. The van der Waals surface area contributed by atoms with Crippen LogP contribution in [-0.2, 0) is 10.2 Å². The SMILES string of the molecule is Cc1cc(C(=O)N2CCC3(O)CCN(S(=O)(=O)N(C)C)CC3C2)c(C)o1. The van der Waals surface area contributed by atoms with Crippen molar-refractivity contribution in [2.24, 2.45) is 5.92 Å². The summed E-state index contributed by atoms with van der Waals surface area (Å²) in [6, 6.07) is 1.72. The van der Waals surface area contributed by atoms with Crippen molar-refractivity contribution in [3.63, 3.8) is 0 Å². The number of piperidine rings is 2. The van der Waals surface area contributed by atoms with Crippen molar-refractivity contribution in [1.29, 1.82) is 0 Å². The third kappa shape index (κ3) is 3.28. The van der Waals surface area contributed by atoms with Gasteiger partial charge in [-0.05, 0) is 32.8 Å². The molecule has 2 aliphatic heterocycles. The van der Waals surface area contributed by atoms with E-state index < -0.39 is 15.8 Å². The maximum Gasteiger partial charge on any atom is 0.281 e. The number of carbonyl (C=O) groups excluding carboxylic acids is 1. The van der Waals surface area contributed by atoms with Gasteiger partial charge in [0, 0.05) is 46.2 Å². The Hall–Kier alpha value is -1.42. The third-order valence-corrected chi connectivity index (χ3v) is 7.49. The van der Waals surface area contributed by atoms with Gasteiger partial charge in [0.1, 0.15) is 11.5 Å². The summed E-state index contributed by atoms with van der Waals surface area (Å²) in [7, 11) is -0.540. The average molecular weight is 385 g/mol. The Balaban J connectivity index is 1.78. The summed E-state index contributed by atoms with van der Waals surface area (Å²) >= 11 is 0. The summed E-state index contributed by atoms with van der Waals surface area (Å²) in [4.78, 5) is 14.5. The number of fused-ring (bicyclic) bond motifs is 1. The van der Waals surface area contributed by atoms with E-state index in [0.717, 1.165) is 0 Å². The highest BCUT2D eigenvalue weighted by Crippen LogP contribution is 2.37. The van der Waals surface area contributed by atoms with E-state index in [-0.39, 0.29) is 18.4 Å². The van der Waals surface area contributed by atoms with E-state index in [1.54, 1.807) is 24.8 Å². The van der Waals surface area contributed by atoms with Gasteiger partial charge in [-0.25, -0.2) is 0 Å². The van der Waals surface area contributed by atoms with Gasteiger partial charge in [-0.3, -0.25) is 4.79 Å². The van der Waals surface area contributed by atoms with Gasteiger partial charge < -0.3 is 14.4 Å². The van der Waals surface area contributed by atoms with Crippen LogP contribution in [0.2, 0.25) is 0 Å². The quantitative estimate of drug-likeness (QED) is 0.822. The van der Waals surface area contributed by atoms with Crippen molar-refractivity contribution in [2.75, 3.05) is 40.3 Å². The molecule has 0 saturated carbocycles. The van der Waals surface area contributed by atoms with Gasteiger partial charge in [0.2, 0.25) is 0 Å². The molecule has 0 spiro atoms. The lowest BCUT2D eigenvalue weighted by atomic mass is 9.76. The van der Waals surface area contributed by atoms with Gasteiger partial charge in [0.05, 0.1) is 11.2 Å². The Morgan fingerprint density at radius 2 is 1.92 bits per heavy atom. The first-order chi connectivity index (χ1) is 12.0. The molecule has 1 aromatic rings. The molecule has 2 atom stereocenters. The molecule has 26 heavy (non-hydrogen) atoms. The van der Waals surface area contributed by atoms with Crippen LogP contribution in [0.15, 0.2) is 10.5 Å². The molecule has 0 bridgehead atoms. The summed E-state index contributed by atoms with van der Waals surface area (Å²) in [5, 5.41) is 11.0. The molecule has 2 fully saturated rings. The second-order valence-corrected chi connectivity index (χ2v) is 9.67. The molecule has 0 aliphatic carbocycles. The maximum absolute atomic E-state index is 12.8. The zero-order valence-corrected chi connectivity index (χ0v) is 16.5. The Kier molecular flexibility index (Phi) is 4.93. The molecule has 3 heterocycles. The lowest BCUT2D eigenvalue weighted by molar-refractivity contribution is -0.0951. The second-order valence-electron chi connectivity index (χ2n) is 7.53. The van der Waals surface area contributed by atoms with Crippen LogP contribution in [0.3, 0.4) is 0 Å². The number of carbonyl (C=O) groups is 1. The van der Waals surface area contributed by atoms with Gasteiger partial charge >= 0.3 is 0 Å². The highest BCUT2D eigenvalue weighted by molar-refractivity contribution is 7.86. The number of aryl methyl sites for hydroxylation is 2. The van der Waals surface area contributed by atoms with Crippen molar-refractivity contribution < 1.29 is 22.7 Å². The van der Waals surface area contributed by atoms with E-state index in [1.165, 1.54) is 22.7 Å². The predicted octanol–water partition coefficient (Wildman–Crippen LogP) is 0.602. The number of furan rings is 1. The fraction of sp³-hybridized carbons (Fsp3) is 0.706. The van der Waals surface area contributed by atoms with Crippen LogP contribution in [0.4, 0.5) is 0 Å². The summed E-state index contributed by atoms with van der Waals surface area (Å²) in [6.07, 6.45) is 0.839. The van der Waals surface area contributed by atoms with Crippen molar-refractivity contribution in [3.8, 4) is 0 Å². The van der Waals surface area contributed by atoms with Crippen molar-refractivity contribution in [2.45, 2.75) is 32.3 Å². The number of likely N-dealkylation sites (tertiary alicyclic amines) is 1. The number of aliphatic hydroxyl groups is 1. The highest BCUT2D eigenvalue weighted by atomic mass is 32.2. The second kappa shape index (κ2) is 6.63. The Morgan fingerprint density at radius 1 is 1.27 bits per heavy atom. The van der Waals surface area contributed by atoms with Gasteiger partial charge in [-0.2, -0.15) is 17.0 Å². The van der Waals surface area contributed by atoms with Crippen LogP contribution in [0, 0.1) is 19.8 Å². The predicted molar refractivity (Wildman–Crippen MR) is 95.9 cm³/mol. The summed E-state index contributed by atoms with van der Waals surface area (Å²) in [5.74, 6) is 0.819. The first-order valence-corrected chi connectivity index (χ1v) is 10.2. The number of nitrogens with zero attached hydrogens (tertiary/aromatic N) is 3. The zero-order chi connectivity index (χ0) is 19.3. The minimum absolute atomic E-state index is 0.131. The van der Waals surface area contributed by atoms with Gasteiger partial charge in [-0.1, -0.05) is 0 Å². The van der Waals surface area contributed by atoms with Gasteiger partial charge in [0.25, 0.3) is 16.1 Å². The molecule has 3 rings (SSSR count). The van der Waals surface area contributed by atoms with Crippen molar-refractivity contribution in [1.82, 2.24) is 13.5 Å². The van der Waals surface area contributed by atoms with Crippen LogP contribution in [0.5, 0.6) is 0 Å². The number of hydrogen-bond donors (Lipinski definition) is 1. The summed E-state index contributed by atoms with van der Waals surface area (Å²) in [5.41, 5.74) is -0.391. The largest absolute Gasteiger partial charge is 0.466 e. The van der Waals surface area contributed by atoms with Crippen LogP contribution >= 0.6 is 0 Å². The normalized spacial score (nSPS) is 27.6. The van der Waals surface area contributed by atoms with Crippen molar-refractivity contribution >= 4 is 16.1 Å². The van der Waals surface area contributed by atoms with E-state index in [1.807, 2.05) is 0 Å². The van der Waals surface area contributed by atoms with Crippen LogP contribution in [-0.4, -0.2) is 78.8 Å². The molecule has 2 aliphatic rings. The first kappa shape index (κ1) is 19.3. The van der Waals surface area contributed by atoms with Crippen molar-refractivity contribution in [3.05, 3.63) is 23.2 Å². The summed E-state index contributed by atoms with van der Waals surface area (Å²) in [6.45, 7) is 4.84. The molecular weight excluding hydrogens is 358 g/mol. The molecule has 1 aromatic heterocycles. The molecular formula is C17H27N3O5S. The monoisotopic (exact) mass is 385 g/mol. The van der Waals surface area contributed by atoms with E-state index >= 15 is 0 Å². The van der Waals surface area contributed by atoms with Crippen LogP contribution in [0.25, 0.3) is 0 Å². The van der Waals surface area contributed by atoms with E-state index in [9.17, 15) is 18.3 Å². The molecule has 2 saturated heterocycles. The molecule has 8 nitrogen and oxygen atoms in total. The summed E-state index contributed by atoms with van der Waals surface area (Å²) < 4.78 is 32.9. The topological polar surface area (TPSA) is 94.3 Å². The fourth-order valence-corrected chi connectivity index (χ4v) is 5.06. The van der Waals surface area contributed by atoms with Crippen LogP contribution in [0.1, 0.15) is 34.7 Å². The Bertz CT molecular complexity index is 803. The van der Waals surface area contributed by atoms with E-state index in [2.05, 4.69) is 0 Å². The highest BCUT2D eigenvalue weighted by Gasteiger charge is 2.48.